The fraction of sp³-hybridized carbons (Fsp3) is 0.391. The molecular formula is C23H26F2N4O3. The van der Waals surface area contributed by atoms with Crippen molar-refractivity contribution in [2.45, 2.75) is 52.5 Å². The first-order chi connectivity index (χ1) is 15.3. The highest BCUT2D eigenvalue weighted by Gasteiger charge is 2.26. The summed E-state index contributed by atoms with van der Waals surface area (Å²) in [5, 5.41) is 16.4. The molecule has 2 N–H and O–H groups in total. The van der Waals surface area contributed by atoms with E-state index in [-0.39, 0.29) is 29.3 Å². The Morgan fingerprint density at radius 3 is 2.62 bits per heavy atom. The molecule has 9 heteroatoms. The minimum absolute atomic E-state index is 0.101. The summed E-state index contributed by atoms with van der Waals surface area (Å²) in [6.45, 7) is 6.43. The van der Waals surface area contributed by atoms with Gasteiger partial charge in [-0.05, 0) is 56.0 Å². The van der Waals surface area contributed by atoms with Crippen LogP contribution in [0.2, 0.25) is 0 Å². The lowest BCUT2D eigenvalue weighted by Crippen LogP contribution is -2.27. The van der Waals surface area contributed by atoms with E-state index in [0.717, 1.165) is 41.8 Å². The van der Waals surface area contributed by atoms with Crippen molar-refractivity contribution in [2.75, 3.05) is 11.4 Å². The summed E-state index contributed by atoms with van der Waals surface area (Å²) in [6, 6.07) is 8.22. The lowest BCUT2D eigenvalue weighted by atomic mass is 9.99. The number of aromatic nitrogens is 2. The van der Waals surface area contributed by atoms with E-state index in [2.05, 4.69) is 21.5 Å². The molecule has 0 fully saturated rings. The van der Waals surface area contributed by atoms with Crippen LogP contribution in [0.3, 0.4) is 0 Å². The summed E-state index contributed by atoms with van der Waals surface area (Å²) in [5.41, 5.74) is 2.70. The molecule has 0 radical (unpaired) electrons. The number of hydrogen-bond acceptors (Lipinski definition) is 7. The molecule has 4 rings (SSSR count). The van der Waals surface area contributed by atoms with Gasteiger partial charge >= 0.3 is 0 Å². The highest BCUT2D eigenvalue weighted by Crippen LogP contribution is 2.35. The van der Waals surface area contributed by atoms with Crippen LogP contribution in [0.4, 0.5) is 20.4 Å². The van der Waals surface area contributed by atoms with E-state index in [1.165, 1.54) is 0 Å². The molecule has 1 aliphatic rings. The van der Waals surface area contributed by atoms with Crippen LogP contribution in [0.5, 0.6) is 5.75 Å². The van der Waals surface area contributed by atoms with Crippen molar-refractivity contribution in [3.05, 3.63) is 53.1 Å². The van der Waals surface area contributed by atoms with Gasteiger partial charge in [0.1, 0.15) is 29.2 Å². The monoisotopic (exact) mass is 444 g/mol. The minimum atomic E-state index is -0.829. The van der Waals surface area contributed by atoms with Gasteiger partial charge in [0.25, 0.3) is 11.8 Å². The number of aliphatic hydroxyl groups excluding tert-OH is 1. The lowest BCUT2D eigenvalue weighted by molar-refractivity contribution is 0.155. The Labute approximate surface area is 185 Å². The maximum Gasteiger partial charge on any atom is 0.270 e. The Morgan fingerprint density at radius 2 is 1.94 bits per heavy atom. The molecule has 1 aliphatic heterocycles. The van der Waals surface area contributed by atoms with Gasteiger partial charge < -0.3 is 19.3 Å². The first kappa shape index (κ1) is 22.2. The topological polar surface area (TPSA) is 83.7 Å². The van der Waals surface area contributed by atoms with Crippen molar-refractivity contribution in [3.63, 3.8) is 0 Å². The minimum Gasteiger partial charge on any atom is -0.491 e. The maximum absolute atomic E-state index is 14.6. The van der Waals surface area contributed by atoms with Gasteiger partial charge in [-0.25, -0.2) is 8.78 Å². The molecule has 0 aliphatic carbocycles. The van der Waals surface area contributed by atoms with Crippen LogP contribution in [-0.2, 0) is 13.0 Å². The average molecular weight is 444 g/mol. The van der Waals surface area contributed by atoms with Crippen molar-refractivity contribution in [1.29, 1.82) is 0 Å². The molecule has 2 heterocycles. The number of aryl methyl sites for hydroxylation is 1. The van der Waals surface area contributed by atoms with Gasteiger partial charge in [-0.15, -0.1) is 0 Å². The van der Waals surface area contributed by atoms with Crippen LogP contribution >= 0.6 is 0 Å². The molecular weight excluding hydrogens is 418 g/mol. The van der Waals surface area contributed by atoms with E-state index in [0.29, 0.717) is 13.1 Å². The van der Waals surface area contributed by atoms with Crippen LogP contribution in [-0.4, -0.2) is 34.1 Å². The van der Waals surface area contributed by atoms with E-state index in [1.54, 1.807) is 20.8 Å². The normalized spacial score (nSPS) is 14.5. The van der Waals surface area contributed by atoms with Gasteiger partial charge in [-0.1, -0.05) is 12.1 Å². The van der Waals surface area contributed by atoms with Crippen molar-refractivity contribution in [1.82, 2.24) is 15.5 Å². The largest absolute Gasteiger partial charge is 0.491 e. The summed E-state index contributed by atoms with van der Waals surface area (Å²) < 4.78 is 39.9. The van der Waals surface area contributed by atoms with E-state index in [9.17, 15) is 13.9 Å². The number of aliphatic hydroxyl groups is 1. The summed E-state index contributed by atoms with van der Waals surface area (Å²) >= 11 is 0. The third-order valence-electron chi connectivity index (χ3n) is 5.12. The Hall–Kier alpha value is -3.04. The third-order valence-corrected chi connectivity index (χ3v) is 5.12. The molecule has 0 bridgehead atoms. The standard InChI is InChI=1S/C23H26F2N4O3/c1-13(2)31-17-10-18(24)21(19(25)11-17)22-27-23(28-32-22)29-8-4-5-16-9-15(6-7-20(16)29)12-26-14(3)30/h6-7,9-11,13-14,26,30H,4-5,8,12H2,1-3H3. The fourth-order valence-electron chi connectivity index (χ4n) is 3.76. The summed E-state index contributed by atoms with van der Waals surface area (Å²) in [5.74, 6) is -1.53. The second kappa shape index (κ2) is 9.22. The molecule has 0 saturated carbocycles. The van der Waals surface area contributed by atoms with E-state index in [1.807, 2.05) is 17.0 Å². The first-order valence-corrected chi connectivity index (χ1v) is 10.6. The zero-order valence-corrected chi connectivity index (χ0v) is 18.2. The molecule has 1 aromatic heterocycles. The Kier molecular flexibility index (Phi) is 6.38. The van der Waals surface area contributed by atoms with E-state index in [4.69, 9.17) is 9.26 Å². The second-order valence-corrected chi connectivity index (χ2v) is 8.10. The van der Waals surface area contributed by atoms with Crippen LogP contribution in [0.15, 0.2) is 34.9 Å². The molecule has 1 unspecified atom stereocenters. The van der Waals surface area contributed by atoms with Crippen molar-refractivity contribution in [3.8, 4) is 17.2 Å². The molecule has 1 atom stereocenters. The van der Waals surface area contributed by atoms with Gasteiger partial charge in [-0.2, -0.15) is 4.98 Å². The van der Waals surface area contributed by atoms with Gasteiger partial charge in [0.2, 0.25) is 0 Å². The molecule has 0 saturated heterocycles. The Bertz CT molecular complexity index is 1080. The number of fused-ring (bicyclic) bond motifs is 1. The number of nitrogens with zero attached hydrogens (tertiary/aromatic N) is 3. The molecule has 7 nitrogen and oxygen atoms in total. The van der Waals surface area contributed by atoms with Gasteiger partial charge in [0.05, 0.1) is 6.10 Å². The number of nitrogens with one attached hydrogen (secondary N) is 1. The number of benzene rings is 2. The van der Waals surface area contributed by atoms with Gasteiger partial charge in [0, 0.05) is 30.9 Å². The van der Waals surface area contributed by atoms with Crippen LogP contribution in [0, 0.1) is 11.6 Å². The predicted octanol–water partition coefficient (Wildman–Crippen LogP) is 4.31. The molecule has 170 valence electrons. The highest BCUT2D eigenvalue weighted by atomic mass is 19.1. The summed E-state index contributed by atoms with van der Waals surface area (Å²) in [6.07, 6.45) is 0.956. The molecule has 3 aromatic rings. The SMILES string of the molecule is CC(O)NCc1ccc2c(c1)CCCN2c1noc(-c2c(F)cc(OC(C)C)cc2F)n1. The predicted molar refractivity (Wildman–Crippen MR) is 116 cm³/mol. The number of ether oxygens (including phenoxy) is 1. The number of hydrogen-bond donors (Lipinski definition) is 2. The Morgan fingerprint density at radius 1 is 1.19 bits per heavy atom. The molecule has 32 heavy (non-hydrogen) atoms. The molecule has 2 aromatic carbocycles. The summed E-state index contributed by atoms with van der Waals surface area (Å²) in [4.78, 5) is 6.16. The van der Waals surface area contributed by atoms with E-state index < -0.39 is 17.9 Å². The smallest absolute Gasteiger partial charge is 0.270 e. The lowest BCUT2D eigenvalue weighted by Gasteiger charge is -2.28. The van der Waals surface area contributed by atoms with Crippen molar-refractivity contribution in [2.24, 2.45) is 0 Å². The zero-order valence-electron chi connectivity index (χ0n) is 18.2. The van der Waals surface area contributed by atoms with Crippen LogP contribution in [0.25, 0.3) is 11.5 Å². The average Bonchev–Trinajstić information content (AvgIpc) is 3.20. The third kappa shape index (κ3) is 4.73. The highest BCUT2D eigenvalue weighted by molar-refractivity contribution is 5.66. The number of halogens is 2. The van der Waals surface area contributed by atoms with Gasteiger partial charge in [-0.3, -0.25) is 5.32 Å². The van der Waals surface area contributed by atoms with Crippen LogP contribution in [0.1, 0.15) is 38.3 Å². The van der Waals surface area contributed by atoms with Gasteiger partial charge in [0.15, 0.2) is 0 Å². The Balaban J connectivity index is 1.60. The maximum atomic E-state index is 14.6. The number of rotatable bonds is 7. The number of anilines is 2. The van der Waals surface area contributed by atoms with Crippen LogP contribution < -0.4 is 15.0 Å². The van der Waals surface area contributed by atoms with Crippen molar-refractivity contribution >= 4 is 11.6 Å². The van der Waals surface area contributed by atoms with E-state index >= 15 is 0 Å². The summed E-state index contributed by atoms with van der Waals surface area (Å²) in [7, 11) is 0. The second-order valence-electron chi connectivity index (χ2n) is 8.10. The quantitative estimate of drug-likeness (QED) is 0.525. The molecule has 0 amide bonds. The first-order valence-electron chi connectivity index (χ1n) is 10.6. The van der Waals surface area contributed by atoms with Crippen molar-refractivity contribution < 1.29 is 23.1 Å². The molecule has 0 spiro atoms. The fourth-order valence-corrected chi connectivity index (χ4v) is 3.76. The zero-order chi connectivity index (χ0) is 22.8.